The maximum absolute atomic E-state index is 13.1. The fraction of sp³-hybridized carbons (Fsp3) is 0.176. The number of amides is 1. The van der Waals surface area contributed by atoms with Crippen LogP contribution in [0.15, 0.2) is 30.5 Å². The number of nitrogens with two attached hydrogens (primary N) is 1. The second-order valence-electron chi connectivity index (χ2n) is 4.55. The second-order valence-corrected chi connectivity index (χ2v) is 4.55. The minimum absolute atomic E-state index is 0.0220. The molecule has 24 heavy (non-hydrogen) atoms. The number of nitrogens with one attached hydrogen (secondary N) is 2. The van der Waals surface area contributed by atoms with E-state index in [1.54, 1.807) is 6.92 Å². The molecule has 6 nitrogen and oxygen atoms in total. The van der Waals surface area contributed by atoms with Crippen LogP contribution in [0.3, 0.4) is 0 Å². The molecule has 0 aliphatic carbocycles. The zero-order chi connectivity index (χ0) is 18.3. The van der Waals surface area contributed by atoms with Gasteiger partial charge in [-0.15, -0.1) is 0 Å². The van der Waals surface area contributed by atoms with E-state index in [9.17, 15) is 9.18 Å². The Labute approximate surface area is 139 Å². The highest BCUT2D eigenvalue weighted by molar-refractivity contribution is 6.11. The van der Waals surface area contributed by atoms with Gasteiger partial charge < -0.3 is 16.1 Å². The molecule has 2 aromatic rings. The van der Waals surface area contributed by atoms with E-state index in [1.165, 1.54) is 24.4 Å². The number of primary amides is 1. The molecule has 0 spiro atoms. The zero-order valence-corrected chi connectivity index (χ0v) is 13.6. The van der Waals surface area contributed by atoms with Gasteiger partial charge in [0.15, 0.2) is 5.82 Å². The molecule has 0 saturated carbocycles. The SMILES string of the molecule is C/C(=C/C(=N)c1ccc(F)cc1C#N)c1cnc(C(N)=O)[nH]1.CC. The summed E-state index contributed by atoms with van der Waals surface area (Å²) in [5.74, 6) is -1.19. The number of H-pyrrole nitrogens is 1. The minimum Gasteiger partial charge on any atom is -0.363 e. The van der Waals surface area contributed by atoms with Crippen molar-refractivity contribution >= 4 is 17.2 Å². The number of allylic oxidation sites excluding steroid dienone is 2. The summed E-state index contributed by atoms with van der Waals surface area (Å²) in [5.41, 5.74) is 6.70. The quantitative estimate of drug-likeness (QED) is 0.749. The predicted molar refractivity (Wildman–Crippen MR) is 90.0 cm³/mol. The molecule has 1 heterocycles. The third-order valence-corrected chi connectivity index (χ3v) is 2.99. The molecule has 2 rings (SSSR count). The van der Waals surface area contributed by atoms with Crippen LogP contribution >= 0.6 is 0 Å². The van der Waals surface area contributed by atoms with Crippen molar-refractivity contribution in [3.8, 4) is 6.07 Å². The van der Waals surface area contributed by atoms with Crippen LogP contribution in [-0.4, -0.2) is 21.6 Å². The van der Waals surface area contributed by atoms with E-state index in [0.717, 1.165) is 6.07 Å². The van der Waals surface area contributed by atoms with E-state index < -0.39 is 11.7 Å². The van der Waals surface area contributed by atoms with Crippen LogP contribution in [0, 0.1) is 22.6 Å². The fourth-order valence-corrected chi connectivity index (χ4v) is 1.86. The van der Waals surface area contributed by atoms with Gasteiger partial charge in [0.25, 0.3) is 5.91 Å². The summed E-state index contributed by atoms with van der Waals surface area (Å²) in [6.45, 7) is 5.71. The average Bonchev–Trinajstić information content (AvgIpc) is 3.06. The number of hydrogen-bond donors (Lipinski definition) is 3. The van der Waals surface area contributed by atoms with Crippen LogP contribution in [0.2, 0.25) is 0 Å². The lowest BCUT2D eigenvalue weighted by molar-refractivity contribution is 0.0991. The number of nitriles is 1. The number of halogens is 1. The number of hydrogen-bond acceptors (Lipinski definition) is 4. The van der Waals surface area contributed by atoms with Crippen molar-refractivity contribution in [2.45, 2.75) is 20.8 Å². The number of rotatable bonds is 4. The van der Waals surface area contributed by atoms with E-state index in [1.807, 2.05) is 19.9 Å². The van der Waals surface area contributed by atoms with Crippen molar-refractivity contribution in [2.24, 2.45) is 5.73 Å². The first-order valence-electron chi connectivity index (χ1n) is 7.24. The van der Waals surface area contributed by atoms with Crippen molar-refractivity contribution in [3.05, 3.63) is 58.9 Å². The van der Waals surface area contributed by atoms with Crippen LogP contribution in [0.4, 0.5) is 4.39 Å². The molecule has 124 valence electrons. The molecular formula is C17H18FN5O. The summed E-state index contributed by atoms with van der Waals surface area (Å²) < 4.78 is 13.1. The third kappa shape index (κ3) is 4.36. The standard InChI is InChI=1S/C15H12FN5O.C2H6/c1-8(13-7-20-15(21-13)14(19)22)4-12(18)11-3-2-10(16)5-9(11)6-17;1-2/h2-5,7,18H,1H3,(H2,19,22)(H,20,21);1-2H3/b8-4-,18-12?;. The topological polar surface area (TPSA) is 119 Å². The highest BCUT2D eigenvalue weighted by Gasteiger charge is 2.10. The highest BCUT2D eigenvalue weighted by atomic mass is 19.1. The van der Waals surface area contributed by atoms with E-state index in [2.05, 4.69) is 9.97 Å². The number of carbonyl (C=O) groups excluding carboxylic acids is 1. The summed E-state index contributed by atoms with van der Waals surface area (Å²) in [4.78, 5) is 17.5. The Hall–Kier alpha value is -3.27. The molecule has 0 aliphatic rings. The van der Waals surface area contributed by atoms with Gasteiger partial charge in [-0.2, -0.15) is 5.26 Å². The average molecular weight is 327 g/mol. The third-order valence-electron chi connectivity index (χ3n) is 2.99. The molecule has 4 N–H and O–H groups in total. The summed E-state index contributed by atoms with van der Waals surface area (Å²) in [5, 5.41) is 17.0. The Morgan fingerprint density at radius 1 is 1.46 bits per heavy atom. The molecule has 0 aliphatic heterocycles. The molecule has 0 saturated heterocycles. The van der Waals surface area contributed by atoms with E-state index in [-0.39, 0.29) is 17.1 Å². The number of benzene rings is 1. The Balaban J connectivity index is 0.00000139. The minimum atomic E-state index is -0.681. The molecule has 7 heteroatoms. The van der Waals surface area contributed by atoms with E-state index >= 15 is 0 Å². The first kappa shape index (κ1) is 18.8. The van der Waals surface area contributed by atoms with Crippen molar-refractivity contribution in [3.63, 3.8) is 0 Å². The number of aromatic nitrogens is 2. The van der Waals surface area contributed by atoms with Gasteiger partial charge in [0.1, 0.15) is 5.82 Å². The normalized spacial score (nSPS) is 10.4. The van der Waals surface area contributed by atoms with E-state index in [4.69, 9.17) is 16.4 Å². The Morgan fingerprint density at radius 3 is 2.67 bits per heavy atom. The molecule has 0 radical (unpaired) electrons. The molecule has 1 aromatic heterocycles. The maximum atomic E-state index is 13.1. The number of nitrogens with zero attached hydrogens (tertiary/aromatic N) is 2. The van der Waals surface area contributed by atoms with Crippen LogP contribution in [0.5, 0.6) is 0 Å². The molecule has 1 aromatic carbocycles. The highest BCUT2D eigenvalue weighted by Crippen LogP contribution is 2.16. The molecular weight excluding hydrogens is 309 g/mol. The zero-order valence-electron chi connectivity index (χ0n) is 13.6. The molecule has 0 fully saturated rings. The van der Waals surface area contributed by atoms with Gasteiger partial charge in [0.05, 0.1) is 29.2 Å². The van der Waals surface area contributed by atoms with Crippen molar-refractivity contribution < 1.29 is 9.18 Å². The van der Waals surface area contributed by atoms with Crippen LogP contribution in [0.25, 0.3) is 5.57 Å². The van der Waals surface area contributed by atoms with Gasteiger partial charge in [-0.25, -0.2) is 9.37 Å². The monoisotopic (exact) mass is 327 g/mol. The summed E-state index contributed by atoms with van der Waals surface area (Å²) >= 11 is 0. The van der Waals surface area contributed by atoms with Crippen LogP contribution in [0.1, 0.15) is 48.2 Å². The van der Waals surface area contributed by atoms with Gasteiger partial charge >= 0.3 is 0 Å². The summed E-state index contributed by atoms with van der Waals surface area (Å²) in [6, 6.07) is 5.50. The van der Waals surface area contributed by atoms with Crippen LogP contribution in [-0.2, 0) is 0 Å². The molecule has 1 amide bonds. The largest absolute Gasteiger partial charge is 0.363 e. The van der Waals surface area contributed by atoms with Gasteiger partial charge in [-0.3, -0.25) is 4.79 Å². The summed E-state index contributed by atoms with van der Waals surface area (Å²) in [7, 11) is 0. The first-order chi connectivity index (χ1) is 11.4. The molecule has 0 unspecified atom stereocenters. The first-order valence-corrected chi connectivity index (χ1v) is 7.24. The van der Waals surface area contributed by atoms with Gasteiger partial charge in [-0.1, -0.05) is 13.8 Å². The molecule has 0 bridgehead atoms. The van der Waals surface area contributed by atoms with Crippen molar-refractivity contribution in [2.75, 3.05) is 0 Å². The lowest BCUT2D eigenvalue weighted by Gasteiger charge is -2.04. The fourth-order valence-electron chi connectivity index (χ4n) is 1.86. The molecule has 0 atom stereocenters. The lowest BCUT2D eigenvalue weighted by Crippen LogP contribution is -2.12. The lowest BCUT2D eigenvalue weighted by atomic mass is 10.0. The smallest absolute Gasteiger partial charge is 0.284 e. The second kappa shape index (κ2) is 8.39. The number of carbonyl (C=O) groups is 1. The van der Waals surface area contributed by atoms with Crippen molar-refractivity contribution in [1.29, 1.82) is 10.7 Å². The number of imidazole rings is 1. The predicted octanol–water partition coefficient (Wildman–Crippen LogP) is 3.02. The Bertz CT molecular complexity index is 830. The maximum Gasteiger partial charge on any atom is 0.284 e. The Morgan fingerprint density at radius 2 is 2.12 bits per heavy atom. The van der Waals surface area contributed by atoms with Crippen molar-refractivity contribution in [1.82, 2.24) is 9.97 Å². The van der Waals surface area contributed by atoms with Crippen LogP contribution < -0.4 is 5.73 Å². The summed E-state index contributed by atoms with van der Waals surface area (Å²) in [6.07, 6.45) is 2.92. The van der Waals surface area contributed by atoms with Gasteiger partial charge in [0, 0.05) is 5.56 Å². The van der Waals surface area contributed by atoms with Gasteiger partial charge in [-0.05, 0) is 36.8 Å². The number of aromatic amines is 1. The van der Waals surface area contributed by atoms with Gasteiger partial charge in [0.2, 0.25) is 0 Å². The van der Waals surface area contributed by atoms with E-state index in [0.29, 0.717) is 16.8 Å². The Kier molecular flexibility index (Phi) is 6.56.